The molecule has 25 heavy (non-hydrogen) atoms. The van der Waals surface area contributed by atoms with E-state index in [-0.39, 0.29) is 4.75 Å². The Morgan fingerprint density at radius 1 is 1.20 bits per heavy atom. The van der Waals surface area contributed by atoms with Gasteiger partial charge in [0.15, 0.2) is 0 Å². The van der Waals surface area contributed by atoms with Gasteiger partial charge in [-0.15, -0.1) is 16.9 Å². The van der Waals surface area contributed by atoms with E-state index < -0.39 is 10.3 Å². The minimum atomic E-state index is -1.34. The molecule has 0 aromatic heterocycles. The van der Waals surface area contributed by atoms with Gasteiger partial charge in [-0.2, -0.15) is 0 Å². The summed E-state index contributed by atoms with van der Waals surface area (Å²) >= 11 is 0. The molecule has 0 aromatic carbocycles. The Labute approximate surface area is 159 Å². The Morgan fingerprint density at radius 2 is 1.80 bits per heavy atom. The third-order valence-corrected chi connectivity index (χ3v) is 9.73. The molecule has 3 atom stereocenters. The molecule has 0 heterocycles. The second-order valence-electron chi connectivity index (χ2n) is 9.79. The molecule has 0 radical (unpaired) electrons. The van der Waals surface area contributed by atoms with E-state index in [9.17, 15) is 4.55 Å². The van der Waals surface area contributed by atoms with E-state index in [1.807, 2.05) is 18.6 Å². The smallest absolute Gasteiger partial charge is 0.0645 e. The maximum Gasteiger partial charge on any atom is 0.0645 e. The minimum Gasteiger partial charge on any atom is -0.377 e. The van der Waals surface area contributed by atoms with Crippen molar-refractivity contribution in [2.24, 2.45) is 23.2 Å². The SMILES string of the molecule is C=CCOCC12CCCCC1CCC2C(C)C.CC(C)(C)S(C)(C)O. The van der Waals surface area contributed by atoms with E-state index in [0.717, 1.165) is 31.0 Å². The first kappa shape index (κ1) is 23.0. The van der Waals surface area contributed by atoms with E-state index in [4.69, 9.17) is 4.74 Å². The standard InChI is InChI=1S/C16H28O.C6H16OS/c1-4-11-17-12-16-10-6-5-7-14(16)8-9-15(16)13(2)3;1-6(2,3)8(4,5)7/h4,13-15H,1,5-12H2,2-3H3;7H,1-5H3. The molecule has 2 saturated carbocycles. The number of hydrogen-bond donors (Lipinski definition) is 1. The average Bonchev–Trinajstić information content (AvgIpc) is 2.85. The molecule has 3 unspecified atom stereocenters. The van der Waals surface area contributed by atoms with E-state index in [2.05, 4.69) is 41.2 Å². The lowest BCUT2D eigenvalue weighted by molar-refractivity contribution is -0.0346. The minimum absolute atomic E-state index is 0.0764. The van der Waals surface area contributed by atoms with Crippen molar-refractivity contribution < 1.29 is 9.29 Å². The highest BCUT2D eigenvalue weighted by Crippen LogP contribution is 2.58. The molecule has 0 bridgehead atoms. The summed E-state index contributed by atoms with van der Waals surface area (Å²) in [6, 6.07) is 0. The van der Waals surface area contributed by atoms with Gasteiger partial charge in [0, 0.05) is 4.75 Å². The second kappa shape index (κ2) is 9.28. The predicted molar refractivity (Wildman–Crippen MR) is 115 cm³/mol. The third-order valence-electron chi connectivity index (χ3n) is 6.73. The van der Waals surface area contributed by atoms with Crippen LogP contribution < -0.4 is 0 Å². The van der Waals surface area contributed by atoms with Crippen molar-refractivity contribution in [3.05, 3.63) is 12.7 Å². The van der Waals surface area contributed by atoms with Crippen molar-refractivity contribution >= 4 is 10.3 Å². The van der Waals surface area contributed by atoms with Gasteiger partial charge in [0.25, 0.3) is 0 Å². The molecule has 0 saturated heterocycles. The van der Waals surface area contributed by atoms with Crippen LogP contribution in [0.5, 0.6) is 0 Å². The molecular weight excluding hydrogens is 328 g/mol. The summed E-state index contributed by atoms with van der Waals surface area (Å²) in [7, 11) is -1.34. The van der Waals surface area contributed by atoms with Crippen LogP contribution in [-0.4, -0.2) is 35.0 Å². The number of rotatable bonds is 5. The van der Waals surface area contributed by atoms with Crippen molar-refractivity contribution in [2.45, 2.75) is 77.9 Å². The van der Waals surface area contributed by atoms with Crippen molar-refractivity contribution in [2.75, 3.05) is 25.7 Å². The molecular formula is C22H44O2S. The van der Waals surface area contributed by atoms with Crippen LogP contribution in [0.4, 0.5) is 0 Å². The summed E-state index contributed by atoms with van der Waals surface area (Å²) in [5, 5.41) is 0. The first-order valence-corrected chi connectivity index (χ1v) is 12.5. The highest BCUT2D eigenvalue weighted by Gasteiger charge is 2.51. The Bertz CT molecular complexity index is 393. The summed E-state index contributed by atoms with van der Waals surface area (Å²) in [6.07, 6.45) is 14.3. The molecule has 0 aliphatic heterocycles. The molecule has 1 N–H and O–H groups in total. The number of ether oxygens (including phenoxy) is 1. The van der Waals surface area contributed by atoms with Crippen LogP contribution in [-0.2, 0) is 4.74 Å². The summed E-state index contributed by atoms with van der Waals surface area (Å²) in [6.45, 7) is 16.4. The lowest BCUT2D eigenvalue weighted by atomic mass is 9.62. The molecule has 2 rings (SSSR count). The van der Waals surface area contributed by atoms with Gasteiger partial charge in [-0.3, -0.25) is 0 Å². The van der Waals surface area contributed by atoms with E-state index in [1.165, 1.54) is 38.5 Å². The van der Waals surface area contributed by atoms with Crippen LogP contribution in [0.25, 0.3) is 0 Å². The van der Waals surface area contributed by atoms with E-state index in [0.29, 0.717) is 5.41 Å². The van der Waals surface area contributed by atoms with Crippen LogP contribution >= 0.6 is 10.3 Å². The van der Waals surface area contributed by atoms with Crippen LogP contribution in [0.2, 0.25) is 0 Å². The summed E-state index contributed by atoms with van der Waals surface area (Å²) < 4.78 is 15.4. The average molecular weight is 373 g/mol. The summed E-state index contributed by atoms with van der Waals surface area (Å²) in [5.41, 5.74) is 0.509. The fraction of sp³-hybridized carbons (Fsp3) is 0.909. The van der Waals surface area contributed by atoms with Gasteiger partial charge < -0.3 is 9.29 Å². The van der Waals surface area contributed by atoms with E-state index >= 15 is 0 Å². The lowest BCUT2D eigenvalue weighted by Crippen LogP contribution is -2.41. The zero-order valence-corrected chi connectivity index (χ0v) is 18.8. The molecule has 0 aromatic rings. The first-order valence-electron chi connectivity index (χ1n) is 10.1. The zero-order chi connectivity index (χ0) is 19.3. The number of fused-ring (bicyclic) bond motifs is 1. The molecule has 3 heteroatoms. The van der Waals surface area contributed by atoms with Crippen LogP contribution in [0, 0.1) is 23.2 Å². The molecule has 150 valence electrons. The van der Waals surface area contributed by atoms with Gasteiger partial charge >= 0.3 is 0 Å². The second-order valence-corrected chi connectivity index (χ2v) is 13.6. The molecule has 0 amide bonds. The summed E-state index contributed by atoms with van der Waals surface area (Å²) in [5.74, 6) is 2.64. The zero-order valence-electron chi connectivity index (χ0n) is 17.9. The van der Waals surface area contributed by atoms with Crippen molar-refractivity contribution in [3.63, 3.8) is 0 Å². The molecule has 2 fully saturated rings. The highest BCUT2D eigenvalue weighted by atomic mass is 32.3. The predicted octanol–water partition coefficient (Wildman–Crippen LogP) is 6.75. The number of hydrogen-bond acceptors (Lipinski definition) is 2. The van der Waals surface area contributed by atoms with Crippen molar-refractivity contribution in [1.29, 1.82) is 0 Å². The lowest BCUT2D eigenvalue weighted by Gasteiger charge is -2.45. The fourth-order valence-electron chi connectivity index (χ4n) is 4.55. The van der Waals surface area contributed by atoms with Gasteiger partial charge in [0.2, 0.25) is 0 Å². The van der Waals surface area contributed by atoms with Gasteiger partial charge in [-0.25, -0.2) is 0 Å². The quantitative estimate of drug-likeness (QED) is 0.427. The van der Waals surface area contributed by atoms with Crippen LogP contribution in [0.3, 0.4) is 0 Å². The fourth-order valence-corrected chi connectivity index (χ4v) is 4.55. The molecule has 2 aliphatic rings. The highest BCUT2D eigenvalue weighted by molar-refractivity contribution is 8.29. The van der Waals surface area contributed by atoms with E-state index in [1.54, 1.807) is 0 Å². The Kier molecular flexibility index (Phi) is 8.56. The normalized spacial score (nSPS) is 30.4. The molecule has 2 aliphatic carbocycles. The van der Waals surface area contributed by atoms with Crippen LogP contribution in [0.15, 0.2) is 12.7 Å². The van der Waals surface area contributed by atoms with Gasteiger partial charge in [-0.05, 0) is 61.4 Å². The molecule has 2 nitrogen and oxygen atoms in total. The third kappa shape index (κ3) is 6.01. The Morgan fingerprint density at radius 3 is 2.28 bits per heavy atom. The van der Waals surface area contributed by atoms with Gasteiger partial charge in [0.1, 0.15) is 0 Å². The van der Waals surface area contributed by atoms with Crippen molar-refractivity contribution in [1.82, 2.24) is 0 Å². The largest absolute Gasteiger partial charge is 0.377 e. The monoisotopic (exact) mass is 372 g/mol. The van der Waals surface area contributed by atoms with Gasteiger partial charge in [-0.1, -0.05) is 53.5 Å². The van der Waals surface area contributed by atoms with Crippen molar-refractivity contribution in [3.8, 4) is 0 Å². The molecule has 0 spiro atoms. The topological polar surface area (TPSA) is 29.5 Å². The maximum atomic E-state index is 9.44. The first-order chi connectivity index (χ1) is 11.5. The Balaban J connectivity index is 0.000000333. The van der Waals surface area contributed by atoms with Crippen LogP contribution in [0.1, 0.15) is 73.1 Å². The maximum absolute atomic E-state index is 9.44. The van der Waals surface area contributed by atoms with Gasteiger partial charge in [0.05, 0.1) is 13.2 Å². The Hall–Kier alpha value is 0.01000. The summed E-state index contributed by atoms with van der Waals surface area (Å²) in [4.78, 5) is 0.